The lowest BCUT2D eigenvalue weighted by atomic mass is 10.1. The van der Waals surface area contributed by atoms with Crippen molar-refractivity contribution < 1.29 is 42.1 Å². The summed E-state index contributed by atoms with van der Waals surface area (Å²) in [5.74, 6) is -0.853. The van der Waals surface area contributed by atoms with Crippen molar-refractivity contribution in [2.45, 2.75) is 174 Å². The summed E-state index contributed by atoms with van der Waals surface area (Å²) in [6.07, 6.45) is 45.5. The first-order chi connectivity index (χ1) is 27.0. The van der Waals surface area contributed by atoms with Gasteiger partial charge in [0.05, 0.1) is 27.7 Å². The first-order valence-corrected chi connectivity index (χ1v) is 23.5. The molecule has 0 heterocycles. The van der Waals surface area contributed by atoms with Crippen molar-refractivity contribution >= 4 is 19.8 Å². The number of carbonyl (C=O) groups is 2. The van der Waals surface area contributed by atoms with Crippen molar-refractivity contribution in [3.05, 3.63) is 60.8 Å². The molecule has 0 radical (unpaired) electrons. The van der Waals surface area contributed by atoms with Crippen molar-refractivity contribution in [3.63, 3.8) is 0 Å². The molecule has 56 heavy (non-hydrogen) atoms. The van der Waals surface area contributed by atoms with Crippen LogP contribution in [0.4, 0.5) is 0 Å². The van der Waals surface area contributed by atoms with Crippen molar-refractivity contribution in [1.82, 2.24) is 0 Å². The monoisotopic (exact) mass is 809 g/mol. The zero-order valence-electron chi connectivity index (χ0n) is 36.3. The molecule has 0 aliphatic heterocycles. The third-order valence-corrected chi connectivity index (χ3v) is 10.0. The summed E-state index contributed by atoms with van der Waals surface area (Å²) in [6.45, 7) is 4.24. The number of carbonyl (C=O) groups excluding carboxylic acids is 2. The number of unbranched alkanes of at least 4 members (excludes halogenated alkanes) is 15. The first kappa shape index (κ1) is 53.7. The Kier molecular flexibility index (Phi) is 36.7. The van der Waals surface area contributed by atoms with Gasteiger partial charge in [-0.3, -0.25) is 18.6 Å². The standard InChI is InChI=1S/C46H82NO8P/c1-6-8-10-12-14-16-18-20-22-23-25-27-29-31-33-35-37-39-46(49)55-44(43-54-56(50,51)53-41-40-47(3,4)5)42-52-45(48)38-36-34-32-30-28-26-24-21-19-17-15-13-11-9-7-2/h9,11,15-18,21,24,28,30,44H,6-8,10,12-14,19-20,22-23,25-27,29,31-43H2,1-5H3/p+1/b11-9+,17-15+,18-16+,24-21+,30-28+/t44-/m1/s1. The number of ether oxygens (including phenoxy) is 2. The molecule has 0 fully saturated rings. The molecular formula is C46H83NO8P+. The van der Waals surface area contributed by atoms with E-state index in [1.165, 1.54) is 70.6 Å². The van der Waals surface area contributed by atoms with Crippen LogP contribution >= 0.6 is 7.82 Å². The van der Waals surface area contributed by atoms with Crippen LogP contribution in [0, 0.1) is 0 Å². The fourth-order valence-electron chi connectivity index (χ4n) is 5.59. The van der Waals surface area contributed by atoms with Crippen molar-refractivity contribution in [2.75, 3.05) is 47.5 Å². The van der Waals surface area contributed by atoms with Crippen LogP contribution in [0.25, 0.3) is 0 Å². The summed E-state index contributed by atoms with van der Waals surface area (Å²) in [7, 11) is 1.44. The smallest absolute Gasteiger partial charge is 0.462 e. The van der Waals surface area contributed by atoms with E-state index in [0.29, 0.717) is 23.9 Å². The Morgan fingerprint density at radius 2 is 1.02 bits per heavy atom. The molecule has 0 spiro atoms. The highest BCUT2D eigenvalue weighted by molar-refractivity contribution is 7.47. The molecule has 324 valence electrons. The molecule has 0 aromatic carbocycles. The molecule has 0 bridgehead atoms. The van der Waals surface area contributed by atoms with E-state index in [1.807, 2.05) is 21.1 Å². The molecule has 0 aromatic rings. The Labute approximate surface area is 343 Å². The Bertz CT molecular complexity index is 1140. The van der Waals surface area contributed by atoms with Crippen LogP contribution in [-0.4, -0.2) is 74.9 Å². The zero-order chi connectivity index (χ0) is 41.4. The van der Waals surface area contributed by atoms with Gasteiger partial charge in [0.25, 0.3) is 0 Å². The van der Waals surface area contributed by atoms with Crippen molar-refractivity contribution in [1.29, 1.82) is 0 Å². The number of likely N-dealkylation sites (N-methyl/N-ethyl adjacent to an activating group) is 1. The second kappa shape index (κ2) is 38.2. The van der Waals surface area contributed by atoms with Crippen LogP contribution < -0.4 is 0 Å². The fourth-order valence-corrected chi connectivity index (χ4v) is 6.33. The molecule has 0 amide bonds. The van der Waals surface area contributed by atoms with Gasteiger partial charge in [-0.2, -0.15) is 0 Å². The molecule has 1 N–H and O–H groups in total. The molecule has 0 aliphatic carbocycles. The van der Waals surface area contributed by atoms with E-state index in [4.69, 9.17) is 18.5 Å². The van der Waals surface area contributed by atoms with E-state index in [0.717, 1.165) is 57.8 Å². The maximum Gasteiger partial charge on any atom is 0.472 e. The van der Waals surface area contributed by atoms with Gasteiger partial charge in [0, 0.05) is 12.8 Å². The minimum atomic E-state index is -4.39. The summed E-state index contributed by atoms with van der Waals surface area (Å²) in [5.41, 5.74) is 0. The number of allylic oxidation sites excluding steroid dienone is 10. The van der Waals surface area contributed by atoms with E-state index in [9.17, 15) is 19.0 Å². The highest BCUT2D eigenvalue weighted by Crippen LogP contribution is 2.43. The third kappa shape index (κ3) is 41.3. The molecule has 0 aliphatic rings. The molecule has 2 atom stereocenters. The summed E-state index contributed by atoms with van der Waals surface area (Å²) < 4.78 is 34.3. The number of rotatable bonds is 39. The van der Waals surface area contributed by atoms with Gasteiger partial charge in [-0.05, 0) is 77.0 Å². The van der Waals surface area contributed by atoms with Gasteiger partial charge in [0.15, 0.2) is 6.10 Å². The lowest BCUT2D eigenvalue weighted by Gasteiger charge is -2.24. The highest BCUT2D eigenvalue weighted by atomic mass is 31.2. The minimum Gasteiger partial charge on any atom is -0.462 e. The number of hydrogen-bond donors (Lipinski definition) is 1. The SMILES string of the molecule is CC/C=C/C/C=C/C/C=C/C/C=C/CCCCC(=O)OC[C@H](COP(=O)(O)OCC[N+](C)(C)C)OC(=O)CCCCCCCCCCC/C=C/CCCCCC. The zero-order valence-corrected chi connectivity index (χ0v) is 37.2. The molecule has 1 unspecified atom stereocenters. The van der Waals surface area contributed by atoms with E-state index < -0.39 is 32.5 Å². The van der Waals surface area contributed by atoms with Crippen LogP contribution in [0.3, 0.4) is 0 Å². The molecular weight excluding hydrogens is 725 g/mol. The summed E-state index contributed by atoms with van der Waals surface area (Å²) in [6, 6.07) is 0. The van der Waals surface area contributed by atoms with Gasteiger partial charge in [-0.15, -0.1) is 0 Å². The maximum absolute atomic E-state index is 12.7. The molecule has 0 saturated carbocycles. The summed E-state index contributed by atoms with van der Waals surface area (Å²) in [5, 5.41) is 0. The second-order valence-electron chi connectivity index (χ2n) is 15.7. The molecule has 10 heteroatoms. The third-order valence-electron chi connectivity index (χ3n) is 9.03. The van der Waals surface area contributed by atoms with Gasteiger partial charge in [0.1, 0.15) is 19.8 Å². The van der Waals surface area contributed by atoms with E-state index in [-0.39, 0.29) is 26.1 Å². The average molecular weight is 809 g/mol. The molecule has 0 rings (SSSR count). The number of phosphoric ester groups is 1. The normalized spacial score (nSPS) is 14.2. The average Bonchev–Trinajstić information content (AvgIpc) is 3.15. The Morgan fingerprint density at radius 1 is 0.571 bits per heavy atom. The van der Waals surface area contributed by atoms with Gasteiger partial charge < -0.3 is 18.9 Å². The van der Waals surface area contributed by atoms with Crippen LogP contribution in [0.2, 0.25) is 0 Å². The Morgan fingerprint density at radius 3 is 1.57 bits per heavy atom. The van der Waals surface area contributed by atoms with Gasteiger partial charge in [0.2, 0.25) is 0 Å². The van der Waals surface area contributed by atoms with Crippen molar-refractivity contribution in [3.8, 4) is 0 Å². The fraction of sp³-hybridized carbons (Fsp3) is 0.739. The molecule has 0 aromatic heterocycles. The van der Waals surface area contributed by atoms with Crippen molar-refractivity contribution in [2.24, 2.45) is 0 Å². The number of quaternary nitrogens is 1. The predicted molar refractivity (Wildman–Crippen MR) is 233 cm³/mol. The lowest BCUT2D eigenvalue weighted by Crippen LogP contribution is -2.37. The number of hydrogen-bond acceptors (Lipinski definition) is 7. The number of phosphoric acid groups is 1. The van der Waals surface area contributed by atoms with Gasteiger partial charge in [-0.25, -0.2) is 4.57 Å². The van der Waals surface area contributed by atoms with Crippen LogP contribution in [0.5, 0.6) is 0 Å². The molecule has 9 nitrogen and oxygen atoms in total. The van der Waals surface area contributed by atoms with Crippen LogP contribution in [0.15, 0.2) is 60.8 Å². The van der Waals surface area contributed by atoms with E-state index in [2.05, 4.69) is 74.6 Å². The quantitative estimate of drug-likeness (QED) is 0.0215. The largest absolute Gasteiger partial charge is 0.472 e. The number of nitrogens with zero attached hydrogens (tertiary/aromatic N) is 1. The minimum absolute atomic E-state index is 0.0224. The van der Waals surface area contributed by atoms with Crippen LogP contribution in [-0.2, 0) is 32.7 Å². The second-order valence-corrected chi connectivity index (χ2v) is 17.1. The van der Waals surface area contributed by atoms with E-state index >= 15 is 0 Å². The predicted octanol–water partition coefficient (Wildman–Crippen LogP) is 12.5. The number of esters is 2. The summed E-state index contributed by atoms with van der Waals surface area (Å²) in [4.78, 5) is 35.3. The van der Waals surface area contributed by atoms with Gasteiger partial charge >= 0.3 is 19.8 Å². The summed E-state index contributed by atoms with van der Waals surface area (Å²) >= 11 is 0. The first-order valence-electron chi connectivity index (χ1n) is 22.0. The Hall–Kier alpha value is -2.29. The molecule has 0 saturated heterocycles. The topological polar surface area (TPSA) is 108 Å². The van der Waals surface area contributed by atoms with E-state index in [1.54, 1.807) is 0 Å². The van der Waals surface area contributed by atoms with Crippen LogP contribution in [0.1, 0.15) is 168 Å². The maximum atomic E-state index is 12.7. The Balaban J connectivity index is 4.42. The van der Waals surface area contributed by atoms with Gasteiger partial charge in [-0.1, -0.05) is 139 Å². The lowest BCUT2D eigenvalue weighted by molar-refractivity contribution is -0.870. The highest BCUT2D eigenvalue weighted by Gasteiger charge is 2.27.